The summed E-state index contributed by atoms with van der Waals surface area (Å²) in [6, 6.07) is 0.0462. The minimum Gasteiger partial charge on any atom is -0.444 e. The van der Waals surface area contributed by atoms with Crippen LogP contribution in [0.3, 0.4) is 0 Å². The second-order valence-corrected chi connectivity index (χ2v) is 5.28. The summed E-state index contributed by atoms with van der Waals surface area (Å²) in [6.07, 6.45) is 3.15. The lowest BCUT2D eigenvalue weighted by atomic mass is 10.2. The fourth-order valence-corrected chi connectivity index (χ4v) is 1.78. The smallest absolute Gasteiger partial charge is 0.410 e. The van der Waals surface area contributed by atoms with Crippen molar-refractivity contribution >= 4 is 6.09 Å². The summed E-state index contributed by atoms with van der Waals surface area (Å²) in [6.45, 7) is 11.3. The molecule has 0 spiro atoms. The number of carbonyl (C=O) groups excluding carboxylic acids is 1. The van der Waals surface area contributed by atoms with Crippen molar-refractivity contribution in [2.24, 2.45) is 0 Å². The lowest BCUT2D eigenvalue weighted by Gasteiger charge is -2.31. The highest BCUT2D eigenvalue weighted by Gasteiger charge is 2.28. The highest BCUT2D eigenvalue weighted by molar-refractivity contribution is 5.68. The van der Waals surface area contributed by atoms with Crippen LogP contribution in [0.2, 0.25) is 0 Å². The van der Waals surface area contributed by atoms with Crippen molar-refractivity contribution < 1.29 is 14.3 Å². The van der Waals surface area contributed by atoms with Crippen LogP contribution in [0.1, 0.15) is 33.6 Å². The van der Waals surface area contributed by atoms with Gasteiger partial charge in [0.25, 0.3) is 0 Å². The molecule has 1 heterocycles. The maximum absolute atomic E-state index is 12.1. The number of rotatable bonds is 2. The molecule has 0 aromatic heterocycles. The second-order valence-electron chi connectivity index (χ2n) is 5.28. The number of ether oxygens (including phenoxy) is 2. The molecule has 1 atom stereocenters. The number of hydrogen-bond donors (Lipinski definition) is 0. The highest BCUT2D eigenvalue weighted by atomic mass is 16.6. The van der Waals surface area contributed by atoms with E-state index in [0.29, 0.717) is 19.8 Å². The third-order valence-corrected chi connectivity index (χ3v) is 2.51. The molecule has 4 heteroatoms. The van der Waals surface area contributed by atoms with Gasteiger partial charge in [-0.1, -0.05) is 6.08 Å². The Bertz CT molecular complexity index is 270. The standard InChI is InChI=1S/C13H23NO3/c1-5-7-11-10-16-9-6-8-14(11)12(15)17-13(2,3)4/h5,11H,1,6-10H2,2-4H3. The van der Waals surface area contributed by atoms with Crippen molar-refractivity contribution in [3.63, 3.8) is 0 Å². The van der Waals surface area contributed by atoms with Crippen LogP contribution in [-0.2, 0) is 9.47 Å². The van der Waals surface area contributed by atoms with E-state index in [1.54, 1.807) is 4.90 Å². The molecule has 1 amide bonds. The zero-order chi connectivity index (χ0) is 12.9. The van der Waals surface area contributed by atoms with Gasteiger partial charge in [0.2, 0.25) is 0 Å². The summed E-state index contributed by atoms with van der Waals surface area (Å²) in [5, 5.41) is 0. The van der Waals surface area contributed by atoms with Gasteiger partial charge < -0.3 is 14.4 Å². The quantitative estimate of drug-likeness (QED) is 0.697. The lowest BCUT2D eigenvalue weighted by molar-refractivity contribution is 0.0126. The Kier molecular flexibility index (Phi) is 5.00. The molecular formula is C13H23NO3. The van der Waals surface area contributed by atoms with E-state index in [9.17, 15) is 4.79 Å². The predicted molar refractivity (Wildman–Crippen MR) is 67.0 cm³/mol. The Morgan fingerprint density at radius 1 is 1.59 bits per heavy atom. The molecule has 98 valence electrons. The van der Waals surface area contributed by atoms with Crippen LogP contribution in [0.25, 0.3) is 0 Å². The van der Waals surface area contributed by atoms with Crippen LogP contribution < -0.4 is 0 Å². The number of amides is 1. The normalized spacial score (nSPS) is 21.8. The van der Waals surface area contributed by atoms with E-state index in [-0.39, 0.29) is 12.1 Å². The van der Waals surface area contributed by atoms with Gasteiger partial charge in [0, 0.05) is 13.2 Å². The molecule has 0 N–H and O–H groups in total. The summed E-state index contributed by atoms with van der Waals surface area (Å²) in [7, 11) is 0. The SMILES string of the molecule is C=CCC1COCCCN1C(=O)OC(C)(C)C. The van der Waals surface area contributed by atoms with Crippen molar-refractivity contribution in [3.05, 3.63) is 12.7 Å². The fraction of sp³-hybridized carbons (Fsp3) is 0.769. The Labute approximate surface area is 104 Å². The Morgan fingerprint density at radius 2 is 2.29 bits per heavy atom. The molecule has 1 rings (SSSR count). The van der Waals surface area contributed by atoms with Crippen LogP contribution in [0, 0.1) is 0 Å². The third kappa shape index (κ3) is 4.77. The van der Waals surface area contributed by atoms with Crippen molar-refractivity contribution in [2.75, 3.05) is 19.8 Å². The molecule has 1 unspecified atom stereocenters. The summed E-state index contributed by atoms with van der Waals surface area (Å²) in [4.78, 5) is 13.8. The van der Waals surface area contributed by atoms with Gasteiger partial charge >= 0.3 is 6.09 Å². The molecule has 0 bridgehead atoms. The molecule has 0 aliphatic carbocycles. The molecular weight excluding hydrogens is 218 g/mol. The zero-order valence-corrected chi connectivity index (χ0v) is 11.1. The fourth-order valence-electron chi connectivity index (χ4n) is 1.78. The van der Waals surface area contributed by atoms with Gasteiger partial charge in [-0.2, -0.15) is 0 Å². The van der Waals surface area contributed by atoms with Gasteiger partial charge in [0.1, 0.15) is 5.60 Å². The molecule has 1 aliphatic rings. The molecule has 1 aliphatic heterocycles. The van der Waals surface area contributed by atoms with E-state index in [1.807, 2.05) is 26.8 Å². The van der Waals surface area contributed by atoms with Crippen molar-refractivity contribution in [2.45, 2.75) is 45.3 Å². The highest BCUT2D eigenvalue weighted by Crippen LogP contribution is 2.16. The molecule has 1 saturated heterocycles. The van der Waals surface area contributed by atoms with Gasteiger partial charge in [0.15, 0.2) is 0 Å². The van der Waals surface area contributed by atoms with Crippen molar-refractivity contribution in [1.29, 1.82) is 0 Å². The molecule has 0 aromatic rings. The first-order chi connectivity index (χ1) is 7.94. The number of hydrogen-bond acceptors (Lipinski definition) is 3. The first-order valence-corrected chi connectivity index (χ1v) is 6.12. The lowest BCUT2D eigenvalue weighted by Crippen LogP contribution is -2.44. The monoisotopic (exact) mass is 241 g/mol. The molecule has 0 radical (unpaired) electrons. The molecule has 4 nitrogen and oxygen atoms in total. The number of carbonyl (C=O) groups is 1. The first-order valence-electron chi connectivity index (χ1n) is 6.12. The first kappa shape index (κ1) is 14.0. The van der Waals surface area contributed by atoms with E-state index in [2.05, 4.69) is 6.58 Å². The summed E-state index contributed by atoms with van der Waals surface area (Å²) >= 11 is 0. The Balaban J connectivity index is 2.67. The van der Waals surface area contributed by atoms with Crippen molar-refractivity contribution in [3.8, 4) is 0 Å². The van der Waals surface area contributed by atoms with Gasteiger partial charge in [0.05, 0.1) is 12.6 Å². The van der Waals surface area contributed by atoms with Crippen LogP contribution in [0.4, 0.5) is 4.79 Å². The minimum atomic E-state index is -0.455. The van der Waals surface area contributed by atoms with Crippen molar-refractivity contribution in [1.82, 2.24) is 4.90 Å². The minimum absolute atomic E-state index is 0.0462. The van der Waals surface area contributed by atoms with Crippen LogP contribution in [0.5, 0.6) is 0 Å². The predicted octanol–water partition coefficient (Wildman–Crippen LogP) is 2.59. The van der Waals surface area contributed by atoms with E-state index in [1.165, 1.54) is 0 Å². The molecule has 0 saturated carbocycles. The third-order valence-electron chi connectivity index (χ3n) is 2.51. The van der Waals surface area contributed by atoms with E-state index in [4.69, 9.17) is 9.47 Å². The van der Waals surface area contributed by atoms with Gasteiger partial charge in [-0.3, -0.25) is 0 Å². The summed E-state index contributed by atoms with van der Waals surface area (Å²) in [5.74, 6) is 0. The van der Waals surface area contributed by atoms with Gasteiger partial charge in [-0.25, -0.2) is 4.79 Å². The maximum Gasteiger partial charge on any atom is 0.410 e. The van der Waals surface area contributed by atoms with E-state index < -0.39 is 5.60 Å². The van der Waals surface area contributed by atoms with Crippen LogP contribution in [-0.4, -0.2) is 42.4 Å². The van der Waals surface area contributed by atoms with Crippen LogP contribution in [0.15, 0.2) is 12.7 Å². The molecule has 0 aromatic carbocycles. The largest absolute Gasteiger partial charge is 0.444 e. The Morgan fingerprint density at radius 3 is 2.88 bits per heavy atom. The number of nitrogens with zero attached hydrogens (tertiary/aromatic N) is 1. The average Bonchev–Trinajstić information content (AvgIpc) is 2.41. The Hall–Kier alpha value is -1.03. The summed E-state index contributed by atoms with van der Waals surface area (Å²) in [5.41, 5.74) is -0.455. The van der Waals surface area contributed by atoms with Gasteiger partial charge in [-0.15, -0.1) is 6.58 Å². The van der Waals surface area contributed by atoms with Crippen LogP contribution >= 0.6 is 0 Å². The van der Waals surface area contributed by atoms with E-state index in [0.717, 1.165) is 12.8 Å². The zero-order valence-electron chi connectivity index (χ0n) is 11.1. The van der Waals surface area contributed by atoms with E-state index >= 15 is 0 Å². The summed E-state index contributed by atoms with van der Waals surface area (Å²) < 4.78 is 10.9. The molecule has 1 fully saturated rings. The maximum atomic E-state index is 12.1. The average molecular weight is 241 g/mol. The van der Waals surface area contributed by atoms with Gasteiger partial charge in [-0.05, 0) is 33.6 Å². The second kappa shape index (κ2) is 6.05. The topological polar surface area (TPSA) is 38.8 Å². The molecule has 17 heavy (non-hydrogen) atoms.